The van der Waals surface area contributed by atoms with Gasteiger partial charge in [0.05, 0.1) is 36.0 Å². The minimum atomic E-state index is -1.49. The van der Waals surface area contributed by atoms with Crippen molar-refractivity contribution in [3.8, 4) is 0 Å². The quantitative estimate of drug-likeness (QED) is 0.234. The van der Waals surface area contributed by atoms with Crippen molar-refractivity contribution in [1.29, 1.82) is 0 Å². The summed E-state index contributed by atoms with van der Waals surface area (Å²) in [6.07, 6.45) is -8.97. The molecule has 0 aliphatic carbocycles. The number of nitrogens with one attached hydrogen (secondary N) is 1. The Balaban J connectivity index is 2.12. The van der Waals surface area contributed by atoms with Gasteiger partial charge in [0.15, 0.2) is 6.29 Å². The molecule has 2 fully saturated rings. The minimum Gasteiger partial charge on any atom is -0.395 e. The highest BCUT2D eigenvalue weighted by molar-refractivity contribution is 8.00. The van der Waals surface area contributed by atoms with Crippen molar-refractivity contribution < 1.29 is 45.2 Å². The number of aliphatic hydroxyl groups is 7. The third kappa shape index (κ3) is 3.86. The first kappa shape index (κ1) is 20.3. The van der Waals surface area contributed by atoms with Gasteiger partial charge < -0.3 is 45.2 Å². The van der Waals surface area contributed by atoms with Gasteiger partial charge >= 0.3 is 0 Å². The summed E-state index contributed by atoms with van der Waals surface area (Å²) >= 11 is 0.993. The third-order valence-corrected chi connectivity index (χ3v) is 5.85. The Morgan fingerprint density at radius 2 is 1.58 bits per heavy atom. The van der Waals surface area contributed by atoms with E-state index in [1.165, 1.54) is 7.11 Å². The molecule has 0 aromatic rings. The van der Waals surface area contributed by atoms with E-state index in [2.05, 4.69) is 5.32 Å². The van der Waals surface area contributed by atoms with E-state index in [1.54, 1.807) is 0 Å². The number of thioether (sulfide) groups is 1. The van der Waals surface area contributed by atoms with Crippen LogP contribution in [0.4, 0.5) is 0 Å². The average Bonchev–Trinajstić information content (AvgIpc) is 2.59. The molecule has 0 aromatic carbocycles. The zero-order chi connectivity index (χ0) is 18.0. The Morgan fingerprint density at radius 3 is 2.12 bits per heavy atom. The molecule has 24 heavy (non-hydrogen) atoms. The van der Waals surface area contributed by atoms with Gasteiger partial charge in [0, 0.05) is 7.11 Å². The molecule has 0 amide bonds. The van der Waals surface area contributed by atoms with Crippen LogP contribution in [0.15, 0.2) is 0 Å². The summed E-state index contributed by atoms with van der Waals surface area (Å²) in [5.74, 6) is 0. The second-order valence-electron chi connectivity index (χ2n) is 5.88. The highest BCUT2D eigenvalue weighted by Crippen LogP contribution is 2.33. The van der Waals surface area contributed by atoms with Gasteiger partial charge in [-0.05, 0) is 0 Å². The lowest BCUT2D eigenvalue weighted by Gasteiger charge is -2.46. The average molecular weight is 371 g/mol. The molecule has 10 nitrogen and oxygen atoms in total. The van der Waals surface area contributed by atoms with Crippen molar-refractivity contribution in [3.05, 3.63) is 0 Å². The maximum absolute atomic E-state index is 10.3. The van der Waals surface area contributed by atoms with Crippen molar-refractivity contribution in [1.82, 2.24) is 5.32 Å². The number of rotatable bonds is 5. The molecule has 11 heteroatoms. The first-order valence-corrected chi connectivity index (χ1v) is 8.51. The van der Waals surface area contributed by atoms with E-state index in [4.69, 9.17) is 14.6 Å². The summed E-state index contributed by atoms with van der Waals surface area (Å²) in [5, 5.41) is 69.8. The molecule has 0 spiro atoms. The van der Waals surface area contributed by atoms with Crippen molar-refractivity contribution in [2.75, 3.05) is 20.3 Å². The second-order valence-corrected chi connectivity index (χ2v) is 7.27. The molecule has 2 saturated heterocycles. The van der Waals surface area contributed by atoms with Gasteiger partial charge in [-0.25, -0.2) is 0 Å². The van der Waals surface area contributed by atoms with Crippen LogP contribution in [0.3, 0.4) is 0 Å². The Hall–Kier alpha value is -0.0500. The van der Waals surface area contributed by atoms with Gasteiger partial charge in [-0.3, -0.25) is 5.32 Å². The smallest absolute Gasteiger partial charge is 0.175 e. The van der Waals surface area contributed by atoms with E-state index in [0.717, 1.165) is 11.8 Å². The fraction of sp³-hybridized carbons (Fsp3) is 1.00. The maximum atomic E-state index is 10.3. The highest BCUT2D eigenvalue weighted by Gasteiger charge is 2.49. The SMILES string of the molecule is CO[C@H]1O[C@H](CO)[C@@H](O)[C@H](O)[C@@H]1N[C@@H]1S[C@H](CO)[C@@H](O)[C@H](O)[C@@H]1O. The van der Waals surface area contributed by atoms with E-state index < -0.39 is 72.8 Å². The second kappa shape index (κ2) is 8.56. The monoisotopic (exact) mass is 371 g/mol. The molecule has 2 heterocycles. The van der Waals surface area contributed by atoms with Crippen LogP contribution in [-0.2, 0) is 9.47 Å². The Kier molecular flexibility index (Phi) is 7.22. The van der Waals surface area contributed by atoms with Crippen molar-refractivity contribution >= 4 is 11.8 Å². The molecule has 0 saturated carbocycles. The van der Waals surface area contributed by atoms with E-state index in [-0.39, 0.29) is 0 Å². The fourth-order valence-corrected chi connectivity index (χ4v) is 4.23. The van der Waals surface area contributed by atoms with Crippen LogP contribution in [0, 0.1) is 0 Å². The largest absolute Gasteiger partial charge is 0.395 e. The van der Waals surface area contributed by atoms with Crippen LogP contribution < -0.4 is 5.32 Å². The third-order valence-electron chi connectivity index (χ3n) is 4.36. The minimum absolute atomic E-state index is 0.416. The van der Waals surface area contributed by atoms with Gasteiger partial charge in [-0.2, -0.15) is 0 Å². The number of methoxy groups -OCH3 is 1. The van der Waals surface area contributed by atoms with Gasteiger partial charge in [-0.1, -0.05) is 0 Å². The number of hydrogen-bond acceptors (Lipinski definition) is 11. The summed E-state index contributed by atoms with van der Waals surface area (Å²) in [6.45, 7) is -0.927. The van der Waals surface area contributed by atoms with Crippen molar-refractivity contribution in [2.45, 2.75) is 59.6 Å². The van der Waals surface area contributed by atoms with E-state index in [0.29, 0.717) is 0 Å². The molecule has 0 radical (unpaired) electrons. The molecular weight excluding hydrogens is 346 g/mol. The van der Waals surface area contributed by atoms with Crippen molar-refractivity contribution in [3.63, 3.8) is 0 Å². The normalized spacial score (nSPS) is 50.0. The van der Waals surface area contributed by atoms with Gasteiger partial charge in [0.25, 0.3) is 0 Å². The molecule has 8 N–H and O–H groups in total. The highest BCUT2D eigenvalue weighted by atomic mass is 32.2. The molecular formula is C13H25NO9S. The molecule has 0 bridgehead atoms. The predicted octanol–water partition coefficient (Wildman–Crippen LogP) is -4.45. The first-order valence-electron chi connectivity index (χ1n) is 7.57. The summed E-state index contributed by atoms with van der Waals surface area (Å²) in [7, 11) is 1.32. The van der Waals surface area contributed by atoms with Crippen LogP contribution in [0.1, 0.15) is 0 Å². The summed E-state index contributed by atoms with van der Waals surface area (Å²) in [5.41, 5.74) is 0. The molecule has 2 aliphatic heterocycles. The zero-order valence-corrected chi connectivity index (χ0v) is 13.9. The van der Waals surface area contributed by atoms with Crippen LogP contribution in [0.25, 0.3) is 0 Å². The van der Waals surface area contributed by atoms with Gasteiger partial charge in [0.2, 0.25) is 0 Å². The molecule has 10 atom stereocenters. The van der Waals surface area contributed by atoms with E-state index >= 15 is 0 Å². The van der Waals surface area contributed by atoms with E-state index in [1.807, 2.05) is 0 Å². The Labute approximate surface area is 143 Å². The molecule has 142 valence electrons. The van der Waals surface area contributed by atoms with E-state index in [9.17, 15) is 30.6 Å². The Morgan fingerprint density at radius 1 is 0.917 bits per heavy atom. The molecule has 2 aliphatic rings. The van der Waals surface area contributed by atoms with Crippen LogP contribution in [-0.4, -0.2) is 116 Å². The van der Waals surface area contributed by atoms with Gasteiger partial charge in [0.1, 0.15) is 30.5 Å². The lowest BCUT2D eigenvalue weighted by molar-refractivity contribution is -0.264. The maximum Gasteiger partial charge on any atom is 0.175 e. The summed E-state index contributed by atoms with van der Waals surface area (Å²) in [4.78, 5) is 0. The number of ether oxygens (including phenoxy) is 2. The van der Waals surface area contributed by atoms with Gasteiger partial charge in [-0.15, -0.1) is 11.8 Å². The predicted molar refractivity (Wildman–Crippen MR) is 82.0 cm³/mol. The molecule has 2 rings (SSSR count). The molecule has 0 unspecified atom stereocenters. The first-order chi connectivity index (χ1) is 11.3. The Bertz CT molecular complexity index is 402. The zero-order valence-electron chi connectivity index (χ0n) is 13.0. The van der Waals surface area contributed by atoms with Crippen LogP contribution in [0.5, 0.6) is 0 Å². The summed E-state index contributed by atoms with van der Waals surface area (Å²) in [6, 6.07) is -0.971. The summed E-state index contributed by atoms with van der Waals surface area (Å²) < 4.78 is 10.5. The van der Waals surface area contributed by atoms with Crippen molar-refractivity contribution in [2.24, 2.45) is 0 Å². The standard InChI is InChI=1S/C13H25NO9S/c1-22-13-6(9(19)7(17)4(2-15)23-13)14-12-11(21)10(20)8(18)5(3-16)24-12/h4-21H,2-3H2,1H3/t4-,5-,6+,7-,8-,9-,10+,11+,12-,13+/m1/s1. The topological polar surface area (TPSA) is 172 Å². The molecule has 0 aromatic heterocycles. The number of hydrogen-bond donors (Lipinski definition) is 8. The fourth-order valence-electron chi connectivity index (χ4n) is 2.89. The lowest BCUT2D eigenvalue weighted by Crippen LogP contribution is -2.68. The van der Waals surface area contributed by atoms with Crippen LogP contribution >= 0.6 is 11.8 Å². The number of aliphatic hydroxyl groups excluding tert-OH is 7. The lowest BCUT2D eigenvalue weighted by atomic mass is 9.96. The van der Waals surface area contributed by atoms with Crippen LogP contribution in [0.2, 0.25) is 0 Å².